The minimum absolute atomic E-state index is 0. The van der Waals surface area contributed by atoms with E-state index in [0.29, 0.717) is 12.6 Å². The third-order valence-electron chi connectivity index (χ3n) is 5.07. The van der Waals surface area contributed by atoms with E-state index in [4.69, 9.17) is 9.73 Å². The van der Waals surface area contributed by atoms with Crippen LogP contribution in [0.2, 0.25) is 0 Å². The third-order valence-corrected chi connectivity index (χ3v) is 5.07. The van der Waals surface area contributed by atoms with Gasteiger partial charge in [0.05, 0.1) is 19.8 Å². The number of amides is 1. The average Bonchev–Trinajstić information content (AvgIpc) is 3.29. The van der Waals surface area contributed by atoms with Gasteiger partial charge in [-0.25, -0.2) is 4.99 Å². The van der Waals surface area contributed by atoms with Crippen LogP contribution in [-0.2, 0) is 22.6 Å². The van der Waals surface area contributed by atoms with E-state index in [2.05, 4.69) is 39.8 Å². The van der Waals surface area contributed by atoms with E-state index in [1.165, 1.54) is 0 Å². The van der Waals surface area contributed by atoms with Crippen LogP contribution >= 0.6 is 24.0 Å². The number of nitrogens with one attached hydrogen (secondary N) is 3. The predicted octanol–water partition coefficient (Wildman–Crippen LogP) is 1.92. The number of aromatic nitrogens is 2. The van der Waals surface area contributed by atoms with Gasteiger partial charge in [0.1, 0.15) is 6.54 Å². The molecule has 10 heteroatoms. The Balaban J connectivity index is 0.00000363. The Morgan fingerprint density at radius 1 is 1.25 bits per heavy atom. The number of rotatable bonds is 9. The summed E-state index contributed by atoms with van der Waals surface area (Å²) in [5.74, 6) is 0.673. The molecule has 0 spiro atoms. The summed E-state index contributed by atoms with van der Waals surface area (Å²) in [6.07, 6.45) is 3.42. The standard InChI is InChI=1S/C22H33N7O2.HI/c1-3-23-22(24-15-18(2)28-10-12-31-13-11-28)25-16-19-6-4-7-20(14-19)27-21(30)17-29-9-5-8-26-29;/h4-9,14,18H,3,10-13,15-17H2,1-2H3,(H,27,30)(H2,23,24,25);1H. The number of morpholine rings is 1. The van der Waals surface area contributed by atoms with Crippen molar-refractivity contribution in [1.82, 2.24) is 25.3 Å². The number of anilines is 1. The Kier molecular flexibility index (Phi) is 11.5. The minimum atomic E-state index is -0.114. The molecule has 3 N–H and O–H groups in total. The van der Waals surface area contributed by atoms with Crippen molar-refractivity contribution < 1.29 is 9.53 Å². The molecule has 1 aliphatic heterocycles. The molecule has 1 aromatic heterocycles. The van der Waals surface area contributed by atoms with Crippen molar-refractivity contribution in [1.29, 1.82) is 0 Å². The summed E-state index contributed by atoms with van der Waals surface area (Å²) in [6.45, 7) is 10.1. The van der Waals surface area contributed by atoms with E-state index >= 15 is 0 Å². The van der Waals surface area contributed by atoms with Crippen LogP contribution in [0.25, 0.3) is 0 Å². The normalized spacial score (nSPS) is 15.5. The van der Waals surface area contributed by atoms with Crippen molar-refractivity contribution in [2.75, 3.05) is 44.7 Å². The van der Waals surface area contributed by atoms with Crippen LogP contribution in [0.15, 0.2) is 47.7 Å². The SMILES string of the molecule is CCNC(=NCc1cccc(NC(=O)Cn2cccn2)c1)NCC(C)N1CCOCC1.I. The molecule has 0 radical (unpaired) electrons. The van der Waals surface area contributed by atoms with Gasteiger partial charge in [0.2, 0.25) is 5.91 Å². The van der Waals surface area contributed by atoms with E-state index in [1.807, 2.05) is 24.3 Å². The molecule has 1 fully saturated rings. The Morgan fingerprint density at radius 2 is 2.06 bits per heavy atom. The van der Waals surface area contributed by atoms with Crippen molar-refractivity contribution in [2.45, 2.75) is 33.0 Å². The molecule has 1 atom stereocenters. The highest BCUT2D eigenvalue weighted by Crippen LogP contribution is 2.12. The molecule has 3 rings (SSSR count). The maximum atomic E-state index is 12.2. The fourth-order valence-electron chi connectivity index (χ4n) is 3.39. The van der Waals surface area contributed by atoms with Crippen molar-refractivity contribution >= 4 is 41.5 Å². The second-order valence-electron chi connectivity index (χ2n) is 7.53. The number of halogens is 1. The third kappa shape index (κ3) is 8.75. The van der Waals surface area contributed by atoms with Gasteiger partial charge in [0.15, 0.2) is 5.96 Å². The molecule has 1 saturated heterocycles. The number of carbonyl (C=O) groups is 1. The molecule has 1 aliphatic rings. The van der Waals surface area contributed by atoms with Crippen molar-refractivity contribution in [3.05, 3.63) is 48.3 Å². The summed E-state index contributed by atoms with van der Waals surface area (Å²) in [7, 11) is 0. The largest absolute Gasteiger partial charge is 0.379 e. The first-order valence-electron chi connectivity index (χ1n) is 10.8. The van der Waals surface area contributed by atoms with E-state index in [0.717, 1.165) is 56.6 Å². The van der Waals surface area contributed by atoms with Crippen LogP contribution in [0.3, 0.4) is 0 Å². The lowest BCUT2D eigenvalue weighted by Gasteiger charge is -2.32. The van der Waals surface area contributed by atoms with E-state index in [-0.39, 0.29) is 36.4 Å². The predicted molar refractivity (Wildman–Crippen MR) is 137 cm³/mol. The number of carbonyl (C=O) groups excluding carboxylic acids is 1. The van der Waals surface area contributed by atoms with E-state index < -0.39 is 0 Å². The number of hydrogen-bond donors (Lipinski definition) is 3. The molecule has 32 heavy (non-hydrogen) atoms. The molecule has 0 aliphatic carbocycles. The molecular formula is C22H34IN7O2. The number of aliphatic imine (C=N–C) groups is 1. The fraction of sp³-hybridized carbons (Fsp3) is 0.500. The average molecular weight is 555 g/mol. The number of benzene rings is 1. The zero-order chi connectivity index (χ0) is 21.9. The van der Waals surface area contributed by atoms with Crippen molar-refractivity contribution in [2.24, 2.45) is 4.99 Å². The monoisotopic (exact) mass is 555 g/mol. The molecule has 1 amide bonds. The first-order chi connectivity index (χ1) is 15.1. The van der Waals surface area contributed by atoms with Gasteiger partial charge in [-0.3, -0.25) is 14.4 Å². The highest BCUT2D eigenvalue weighted by atomic mass is 127. The summed E-state index contributed by atoms with van der Waals surface area (Å²) >= 11 is 0. The molecule has 0 bridgehead atoms. The summed E-state index contributed by atoms with van der Waals surface area (Å²) in [5, 5.41) is 13.7. The quantitative estimate of drug-likeness (QED) is 0.249. The Hall–Kier alpha value is -2.18. The lowest BCUT2D eigenvalue weighted by atomic mass is 10.2. The van der Waals surface area contributed by atoms with Gasteiger partial charge in [0, 0.05) is 50.3 Å². The molecule has 176 valence electrons. The Morgan fingerprint density at radius 3 is 2.78 bits per heavy atom. The molecule has 2 aromatic rings. The van der Waals surface area contributed by atoms with Crippen LogP contribution in [0.4, 0.5) is 5.69 Å². The summed E-state index contributed by atoms with van der Waals surface area (Å²) in [6, 6.07) is 9.96. The first kappa shape index (κ1) is 26.1. The molecule has 0 saturated carbocycles. The molecule has 1 aromatic carbocycles. The number of ether oxygens (including phenoxy) is 1. The summed E-state index contributed by atoms with van der Waals surface area (Å²) < 4.78 is 7.03. The maximum absolute atomic E-state index is 12.2. The number of guanidine groups is 1. The zero-order valence-corrected chi connectivity index (χ0v) is 21.1. The Labute approximate surface area is 207 Å². The topological polar surface area (TPSA) is 95.8 Å². The lowest BCUT2D eigenvalue weighted by molar-refractivity contribution is -0.116. The minimum Gasteiger partial charge on any atom is -0.379 e. The Bertz CT molecular complexity index is 839. The van der Waals surface area contributed by atoms with Gasteiger partial charge in [-0.2, -0.15) is 5.10 Å². The first-order valence-corrected chi connectivity index (χ1v) is 10.8. The highest BCUT2D eigenvalue weighted by Gasteiger charge is 2.17. The molecule has 1 unspecified atom stereocenters. The van der Waals surface area contributed by atoms with Crippen LogP contribution < -0.4 is 16.0 Å². The molecular weight excluding hydrogens is 521 g/mol. The van der Waals surface area contributed by atoms with Gasteiger partial charge in [-0.1, -0.05) is 12.1 Å². The van der Waals surface area contributed by atoms with Crippen molar-refractivity contribution in [3.63, 3.8) is 0 Å². The van der Waals surface area contributed by atoms with Crippen LogP contribution in [0.1, 0.15) is 19.4 Å². The zero-order valence-electron chi connectivity index (χ0n) is 18.8. The van der Waals surface area contributed by atoms with Gasteiger partial charge in [-0.05, 0) is 37.6 Å². The van der Waals surface area contributed by atoms with Gasteiger partial charge < -0.3 is 20.7 Å². The maximum Gasteiger partial charge on any atom is 0.246 e. The smallest absolute Gasteiger partial charge is 0.246 e. The second kappa shape index (κ2) is 14.1. The fourth-order valence-corrected chi connectivity index (χ4v) is 3.39. The highest BCUT2D eigenvalue weighted by molar-refractivity contribution is 14.0. The van der Waals surface area contributed by atoms with Crippen LogP contribution in [0, 0.1) is 0 Å². The van der Waals surface area contributed by atoms with Crippen LogP contribution in [0.5, 0.6) is 0 Å². The summed E-state index contributed by atoms with van der Waals surface area (Å²) in [5.41, 5.74) is 1.78. The second-order valence-corrected chi connectivity index (χ2v) is 7.53. The van der Waals surface area contributed by atoms with Gasteiger partial charge in [0.25, 0.3) is 0 Å². The lowest BCUT2D eigenvalue weighted by Crippen LogP contribution is -2.49. The van der Waals surface area contributed by atoms with Gasteiger partial charge in [-0.15, -0.1) is 24.0 Å². The van der Waals surface area contributed by atoms with E-state index in [1.54, 1.807) is 23.1 Å². The van der Waals surface area contributed by atoms with Crippen LogP contribution in [-0.4, -0.2) is 72.0 Å². The molecule has 9 nitrogen and oxygen atoms in total. The van der Waals surface area contributed by atoms with Crippen molar-refractivity contribution in [3.8, 4) is 0 Å². The number of nitrogens with zero attached hydrogens (tertiary/aromatic N) is 4. The summed E-state index contributed by atoms with van der Waals surface area (Å²) in [4.78, 5) is 19.3. The van der Waals surface area contributed by atoms with Gasteiger partial charge >= 0.3 is 0 Å². The molecule has 2 heterocycles. The number of hydrogen-bond acceptors (Lipinski definition) is 5. The van der Waals surface area contributed by atoms with E-state index in [9.17, 15) is 4.79 Å².